The summed E-state index contributed by atoms with van der Waals surface area (Å²) >= 11 is 1.15. The van der Waals surface area contributed by atoms with Crippen LogP contribution in [0, 0.1) is 5.92 Å². The quantitative estimate of drug-likeness (QED) is 0.628. The highest BCUT2D eigenvalue weighted by molar-refractivity contribution is 8.05. The van der Waals surface area contributed by atoms with Crippen LogP contribution in [0.15, 0.2) is 22.2 Å². The largest absolute Gasteiger partial charge is 0.477 e. The highest BCUT2D eigenvalue weighted by Gasteiger charge is 2.56. The number of aliphatic carboxylic acids is 1. The molecule has 0 radical (unpaired) electrons. The number of aliphatic hydroxyl groups excluding tert-OH is 1. The highest BCUT2D eigenvalue weighted by atomic mass is 32.2. The van der Waals surface area contributed by atoms with Crippen molar-refractivity contribution in [1.82, 2.24) is 10.2 Å². The van der Waals surface area contributed by atoms with Gasteiger partial charge in [-0.2, -0.15) is 0 Å². The van der Waals surface area contributed by atoms with Crippen molar-refractivity contribution in [3.63, 3.8) is 0 Å². The Kier molecular flexibility index (Phi) is 4.38. The maximum absolute atomic E-state index is 11.9. The van der Waals surface area contributed by atoms with Gasteiger partial charge in [0.25, 0.3) is 0 Å². The molecule has 3 N–H and O–H groups in total. The number of carbonyl (C=O) groups is 3. The molecule has 3 atom stereocenters. The SMILES string of the molecule is CC(=O)N/C=C\SC1=C(C(=O)O)N2C(=O)[C@H]([C@H](C)O)[C@H]2C1. The van der Waals surface area contributed by atoms with Crippen LogP contribution < -0.4 is 5.32 Å². The van der Waals surface area contributed by atoms with Crippen LogP contribution in [0.25, 0.3) is 0 Å². The number of hydrogen-bond donors (Lipinski definition) is 3. The molecule has 0 aromatic rings. The lowest BCUT2D eigenvalue weighted by atomic mass is 9.83. The number of rotatable bonds is 5. The van der Waals surface area contributed by atoms with Gasteiger partial charge in [0.1, 0.15) is 5.70 Å². The summed E-state index contributed by atoms with van der Waals surface area (Å²) in [4.78, 5) is 35.8. The first-order chi connectivity index (χ1) is 9.84. The fraction of sp³-hybridized carbons (Fsp3) is 0.462. The first-order valence-electron chi connectivity index (χ1n) is 6.41. The van der Waals surface area contributed by atoms with Crippen molar-refractivity contribution < 1.29 is 24.6 Å². The molecule has 1 fully saturated rings. The van der Waals surface area contributed by atoms with Crippen molar-refractivity contribution in [2.75, 3.05) is 0 Å². The summed E-state index contributed by atoms with van der Waals surface area (Å²) in [6.07, 6.45) is 1.02. The molecule has 0 unspecified atom stereocenters. The molecular formula is C13H16N2O5S. The summed E-state index contributed by atoms with van der Waals surface area (Å²) in [7, 11) is 0. The van der Waals surface area contributed by atoms with Crippen LogP contribution in [0.1, 0.15) is 20.3 Å². The Labute approximate surface area is 125 Å². The first kappa shape index (κ1) is 15.6. The maximum atomic E-state index is 11.9. The Morgan fingerprint density at radius 3 is 2.71 bits per heavy atom. The van der Waals surface area contributed by atoms with Gasteiger partial charge in [0.15, 0.2) is 0 Å². The Morgan fingerprint density at radius 1 is 1.52 bits per heavy atom. The second kappa shape index (κ2) is 5.90. The van der Waals surface area contributed by atoms with Gasteiger partial charge >= 0.3 is 5.97 Å². The maximum Gasteiger partial charge on any atom is 0.353 e. The standard InChI is InChI=1S/C13H16N2O5S/c1-6(16)10-8-5-9(21-4-3-14-7(2)17)11(13(19)20)15(8)12(10)18/h3-4,6,8,10,16H,5H2,1-2H3,(H,14,17)(H,19,20)/b4-3-/t6-,8+,10+/m0/s1. The summed E-state index contributed by atoms with van der Waals surface area (Å²) in [5.41, 5.74) is -0.0284. The van der Waals surface area contributed by atoms with Gasteiger partial charge in [0.05, 0.1) is 18.1 Å². The number of carbonyl (C=O) groups excluding carboxylic acids is 2. The molecule has 8 heteroatoms. The van der Waals surface area contributed by atoms with E-state index in [-0.39, 0.29) is 23.6 Å². The molecule has 7 nitrogen and oxygen atoms in total. The number of thioether (sulfide) groups is 1. The fourth-order valence-electron chi connectivity index (χ4n) is 2.60. The van der Waals surface area contributed by atoms with E-state index in [0.717, 1.165) is 11.8 Å². The summed E-state index contributed by atoms with van der Waals surface area (Å²) in [5.74, 6) is -2.28. The van der Waals surface area contributed by atoms with Crippen LogP contribution in [0.2, 0.25) is 0 Å². The molecule has 2 aliphatic heterocycles. The van der Waals surface area contributed by atoms with Gasteiger partial charge in [0.2, 0.25) is 11.8 Å². The second-order valence-corrected chi connectivity index (χ2v) is 5.94. The molecular weight excluding hydrogens is 296 g/mol. The number of aliphatic hydroxyl groups is 1. The van der Waals surface area contributed by atoms with E-state index in [9.17, 15) is 24.6 Å². The molecule has 2 amide bonds. The third-order valence-electron chi connectivity index (χ3n) is 3.46. The minimum Gasteiger partial charge on any atom is -0.477 e. The monoisotopic (exact) mass is 312 g/mol. The lowest BCUT2D eigenvalue weighted by Gasteiger charge is -2.44. The topological polar surface area (TPSA) is 107 Å². The molecule has 2 aliphatic rings. The molecule has 0 spiro atoms. The highest BCUT2D eigenvalue weighted by Crippen LogP contribution is 2.47. The van der Waals surface area contributed by atoms with Crippen LogP contribution in [0.5, 0.6) is 0 Å². The Balaban J connectivity index is 2.13. The van der Waals surface area contributed by atoms with Crippen molar-refractivity contribution in [1.29, 1.82) is 0 Å². The zero-order valence-electron chi connectivity index (χ0n) is 11.6. The van der Waals surface area contributed by atoms with Crippen molar-refractivity contribution in [2.24, 2.45) is 5.92 Å². The van der Waals surface area contributed by atoms with Crippen LogP contribution in [-0.4, -0.2) is 45.0 Å². The number of hydrogen-bond acceptors (Lipinski definition) is 5. The average Bonchev–Trinajstić information content (AvgIpc) is 2.68. The van der Waals surface area contributed by atoms with Gasteiger partial charge in [-0.3, -0.25) is 9.59 Å². The predicted octanol–water partition coefficient (Wildman–Crippen LogP) is 0.235. The van der Waals surface area contributed by atoms with Gasteiger partial charge in [-0.25, -0.2) is 4.79 Å². The Bertz CT molecular complexity index is 555. The molecule has 1 saturated heterocycles. The van der Waals surface area contributed by atoms with E-state index in [1.54, 1.807) is 5.41 Å². The summed E-state index contributed by atoms with van der Waals surface area (Å²) in [5, 5.41) is 22.9. The van der Waals surface area contributed by atoms with Crippen molar-refractivity contribution in [2.45, 2.75) is 32.4 Å². The number of amides is 2. The molecule has 0 aromatic heterocycles. The second-order valence-electron chi connectivity index (χ2n) is 4.94. The van der Waals surface area contributed by atoms with E-state index in [1.807, 2.05) is 0 Å². The zero-order valence-corrected chi connectivity index (χ0v) is 12.4. The van der Waals surface area contributed by atoms with Gasteiger partial charge in [-0.1, -0.05) is 11.8 Å². The zero-order chi connectivity index (χ0) is 15.7. The Hall–Kier alpha value is -1.80. The molecule has 2 rings (SSSR count). The van der Waals surface area contributed by atoms with Gasteiger partial charge < -0.3 is 20.4 Å². The lowest BCUT2D eigenvalue weighted by molar-refractivity contribution is -0.161. The molecule has 114 valence electrons. The summed E-state index contributed by atoms with van der Waals surface area (Å²) < 4.78 is 0. The van der Waals surface area contributed by atoms with Gasteiger partial charge in [0, 0.05) is 24.4 Å². The minimum absolute atomic E-state index is 0.0284. The molecule has 0 bridgehead atoms. The molecule has 2 heterocycles. The van der Waals surface area contributed by atoms with E-state index >= 15 is 0 Å². The summed E-state index contributed by atoms with van der Waals surface area (Å²) in [6.45, 7) is 2.90. The number of nitrogens with one attached hydrogen (secondary N) is 1. The van der Waals surface area contributed by atoms with E-state index in [4.69, 9.17) is 0 Å². The van der Waals surface area contributed by atoms with Crippen LogP contribution in [0.4, 0.5) is 0 Å². The van der Waals surface area contributed by atoms with Crippen molar-refractivity contribution >= 4 is 29.5 Å². The van der Waals surface area contributed by atoms with E-state index in [0.29, 0.717) is 11.3 Å². The Morgan fingerprint density at radius 2 is 2.19 bits per heavy atom. The fourth-order valence-corrected chi connectivity index (χ4v) is 3.47. The van der Waals surface area contributed by atoms with Crippen molar-refractivity contribution in [3.05, 3.63) is 22.2 Å². The van der Waals surface area contributed by atoms with E-state index in [2.05, 4.69) is 5.32 Å². The molecule has 0 aliphatic carbocycles. The number of carboxylic acids is 1. The predicted molar refractivity (Wildman–Crippen MR) is 75.6 cm³/mol. The number of nitrogens with zero attached hydrogens (tertiary/aromatic N) is 1. The molecule has 0 saturated carbocycles. The molecule has 0 aromatic carbocycles. The van der Waals surface area contributed by atoms with Gasteiger partial charge in [-0.15, -0.1) is 0 Å². The van der Waals surface area contributed by atoms with Gasteiger partial charge in [-0.05, 0) is 12.3 Å². The number of carboxylic acid groups (broad SMARTS) is 1. The third kappa shape index (κ3) is 2.81. The lowest BCUT2D eigenvalue weighted by Crippen LogP contribution is -2.61. The van der Waals surface area contributed by atoms with Crippen LogP contribution >= 0.6 is 11.8 Å². The first-order valence-corrected chi connectivity index (χ1v) is 7.29. The normalized spacial score (nSPS) is 25.9. The van der Waals surface area contributed by atoms with Crippen LogP contribution in [-0.2, 0) is 14.4 Å². The van der Waals surface area contributed by atoms with E-state index in [1.165, 1.54) is 24.9 Å². The van der Waals surface area contributed by atoms with Crippen LogP contribution in [0.3, 0.4) is 0 Å². The average molecular weight is 312 g/mol. The van der Waals surface area contributed by atoms with Crippen molar-refractivity contribution in [3.8, 4) is 0 Å². The number of fused-ring (bicyclic) bond motifs is 1. The van der Waals surface area contributed by atoms with E-state index < -0.39 is 18.0 Å². The summed E-state index contributed by atoms with van der Waals surface area (Å²) in [6, 6.07) is -0.291. The number of β-lactam (4-membered cyclic amide) rings is 1. The molecule has 21 heavy (non-hydrogen) atoms. The smallest absolute Gasteiger partial charge is 0.353 e. The third-order valence-corrected chi connectivity index (χ3v) is 4.37. The minimum atomic E-state index is -1.16.